The van der Waals surface area contributed by atoms with E-state index >= 15 is 0 Å². The Bertz CT molecular complexity index is 317. The minimum atomic E-state index is -0.696. The highest BCUT2D eigenvalue weighted by Crippen LogP contribution is 2.38. The smallest absolute Gasteiger partial charge is 0.149 e. The van der Waals surface area contributed by atoms with Gasteiger partial charge in [0.15, 0.2) is 0 Å². The lowest BCUT2D eigenvalue weighted by Crippen LogP contribution is -2.42. The first-order chi connectivity index (χ1) is 11.0. The van der Waals surface area contributed by atoms with E-state index in [-0.39, 0.29) is 17.5 Å². The lowest BCUT2D eigenvalue weighted by atomic mass is 9.67. The lowest BCUT2D eigenvalue weighted by molar-refractivity contribution is -0.144. The summed E-state index contributed by atoms with van der Waals surface area (Å²) in [5, 5.41) is 0. The van der Waals surface area contributed by atoms with E-state index in [0.29, 0.717) is 0 Å². The monoisotopic (exact) mass is 324 g/mol. The fraction of sp³-hybridized carbons (Fsp3) is 0.905. The van der Waals surface area contributed by atoms with Crippen molar-refractivity contribution in [3.05, 3.63) is 0 Å². The number of carbonyl (C=O) groups is 2. The fourth-order valence-electron chi connectivity index (χ4n) is 3.55. The number of hydrogen-bond donors (Lipinski definition) is 0. The summed E-state index contributed by atoms with van der Waals surface area (Å²) in [5.74, 6) is 0.476. The topological polar surface area (TPSA) is 34.1 Å². The van der Waals surface area contributed by atoms with Crippen molar-refractivity contribution in [3.63, 3.8) is 0 Å². The molecule has 0 unspecified atom stereocenters. The van der Waals surface area contributed by atoms with Crippen molar-refractivity contribution in [1.82, 2.24) is 0 Å². The Hall–Kier alpha value is -0.660. The summed E-state index contributed by atoms with van der Waals surface area (Å²) in [5.41, 5.74) is -0.696. The van der Waals surface area contributed by atoms with Crippen LogP contribution >= 0.6 is 0 Å². The molecule has 0 aromatic heterocycles. The molecule has 23 heavy (non-hydrogen) atoms. The van der Waals surface area contributed by atoms with E-state index in [4.69, 9.17) is 0 Å². The predicted octanol–water partition coefficient (Wildman–Crippen LogP) is 6.51. The average molecular weight is 325 g/mol. The van der Waals surface area contributed by atoms with Gasteiger partial charge in [-0.2, -0.15) is 0 Å². The van der Waals surface area contributed by atoms with E-state index in [9.17, 15) is 9.59 Å². The van der Waals surface area contributed by atoms with Gasteiger partial charge in [-0.1, -0.05) is 79.1 Å². The molecule has 0 aromatic carbocycles. The van der Waals surface area contributed by atoms with Gasteiger partial charge in [0.25, 0.3) is 0 Å². The van der Waals surface area contributed by atoms with Crippen LogP contribution in [0.1, 0.15) is 112 Å². The molecule has 2 nitrogen and oxygen atoms in total. The summed E-state index contributed by atoms with van der Waals surface area (Å²) >= 11 is 0. The molecule has 0 spiro atoms. The molecule has 0 aliphatic carbocycles. The van der Waals surface area contributed by atoms with E-state index < -0.39 is 5.41 Å². The minimum Gasteiger partial charge on any atom is -0.299 e. The quantitative estimate of drug-likeness (QED) is 0.322. The van der Waals surface area contributed by atoms with Gasteiger partial charge in [-0.3, -0.25) is 9.59 Å². The number of ketones is 2. The van der Waals surface area contributed by atoms with Gasteiger partial charge in [-0.05, 0) is 32.6 Å². The molecule has 0 saturated heterocycles. The molecular formula is C21H40O2. The van der Waals surface area contributed by atoms with Crippen molar-refractivity contribution in [2.45, 2.75) is 112 Å². The fourth-order valence-corrected chi connectivity index (χ4v) is 3.55. The highest BCUT2D eigenvalue weighted by Gasteiger charge is 2.44. The zero-order valence-corrected chi connectivity index (χ0v) is 16.4. The first-order valence-electron chi connectivity index (χ1n) is 10.0. The Kier molecular flexibility index (Phi) is 12.4. The second kappa shape index (κ2) is 12.7. The maximum Gasteiger partial charge on any atom is 0.149 e. The Balaban J connectivity index is 5.39. The normalized spacial score (nSPS) is 11.9. The molecule has 0 saturated carbocycles. The number of carbonyl (C=O) groups excluding carboxylic acids is 2. The third kappa shape index (κ3) is 7.18. The van der Waals surface area contributed by atoms with E-state index in [0.717, 1.165) is 77.0 Å². The van der Waals surface area contributed by atoms with Gasteiger partial charge in [-0.15, -0.1) is 0 Å². The van der Waals surface area contributed by atoms with Gasteiger partial charge < -0.3 is 0 Å². The average Bonchev–Trinajstić information content (AvgIpc) is 2.54. The number of rotatable bonds is 15. The van der Waals surface area contributed by atoms with Crippen LogP contribution in [0.15, 0.2) is 0 Å². The van der Waals surface area contributed by atoms with Crippen LogP contribution in [0, 0.1) is 11.3 Å². The maximum atomic E-state index is 13.4. The largest absolute Gasteiger partial charge is 0.299 e. The van der Waals surface area contributed by atoms with Gasteiger partial charge in [0.1, 0.15) is 11.6 Å². The van der Waals surface area contributed by atoms with Crippen molar-refractivity contribution < 1.29 is 9.59 Å². The third-order valence-corrected chi connectivity index (χ3v) is 5.24. The van der Waals surface area contributed by atoms with Gasteiger partial charge in [-0.25, -0.2) is 0 Å². The number of hydrogen-bond acceptors (Lipinski definition) is 2. The van der Waals surface area contributed by atoms with Gasteiger partial charge in [0, 0.05) is 5.92 Å². The number of Topliss-reactive ketones (excluding diaryl/α,β-unsaturated/α-hetero) is 2. The van der Waals surface area contributed by atoms with Crippen molar-refractivity contribution in [3.8, 4) is 0 Å². The van der Waals surface area contributed by atoms with E-state index in [1.165, 1.54) is 0 Å². The molecule has 0 fully saturated rings. The first-order valence-corrected chi connectivity index (χ1v) is 10.0. The Morgan fingerprint density at radius 3 is 1.43 bits per heavy atom. The predicted molar refractivity (Wildman–Crippen MR) is 99.7 cm³/mol. The van der Waals surface area contributed by atoms with Gasteiger partial charge in [0.05, 0.1) is 5.41 Å². The zero-order valence-electron chi connectivity index (χ0n) is 16.4. The summed E-state index contributed by atoms with van der Waals surface area (Å²) in [6.07, 6.45) is 11.9. The van der Waals surface area contributed by atoms with E-state index in [2.05, 4.69) is 27.7 Å². The molecule has 0 radical (unpaired) electrons. The van der Waals surface area contributed by atoms with Crippen LogP contribution in [0.2, 0.25) is 0 Å². The standard InChI is InChI=1S/C21H40O2/c1-6-10-14-19(15-11-7-2)20(23)21(18(5)22,16-12-8-3)17-13-9-4/h19H,6-17H2,1-5H3. The lowest BCUT2D eigenvalue weighted by Gasteiger charge is -2.34. The second-order valence-electron chi connectivity index (χ2n) is 7.19. The van der Waals surface area contributed by atoms with Crippen molar-refractivity contribution >= 4 is 11.6 Å². The van der Waals surface area contributed by atoms with Gasteiger partial charge >= 0.3 is 0 Å². The second-order valence-corrected chi connectivity index (χ2v) is 7.19. The third-order valence-electron chi connectivity index (χ3n) is 5.24. The SMILES string of the molecule is CCCCC(CCCC)C(=O)C(CCCC)(CCCC)C(C)=O. The van der Waals surface area contributed by atoms with Crippen LogP contribution in [0.4, 0.5) is 0 Å². The zero-order chi connectivity index (χ0) is 17.7. The van der Waals surface area contributed by atoms with Crippen LogP contribution < -0.4 is 0 Å². The minimum absolute atomic E-state index is 0.0903. The van der Waals surface area contributed by atoms with Crippen LogP contribution in [0.3, 0.4) is 0 Å². The molecule has 0 N–H and O–H groups in total. The summed E-state index contributed by atoms with van der Waals surface area (Å²) in [6.45, 7) is 10.3. The molecular weight excluding hydrogens is 284 g/mol. The molecule has 0 aliphatic heterocycles. The summed E-state index contributed by atoms with van der Waals surface area (Å²) in [4.78, 5) is 26.0. The summed E-state index contributed by atoms with van der Waals surface area (Å²) in [7, 11) is 0. The Morgan fingerprint density at radius 1 is 0.739 bits per heavy atom. The summed E-state index contributed by atoms with van der Waals surface area (Å²) in [6, 6.07) is 0. The van der Waals surface area contributed by atoms with Crippen molar-refractivity contribution in [1.29, 1.82) is 0 Å². The Morgan fingerprint density at radius 2 is 1.13 bits per heavy atom. The Labute approximate surface area is 144 Å². The van der Waals surface area contributed by atoms with Crippen LogP contribution in [0.5, 0.6) is 0 Å². The van der Waals surface area contributed by atoms with Crippen molar-refractivity contribution in [2.75, 3.05) is 0 Å². The molecule has 0 aromatic rings. The molecule has 0 amide bonds. The highest BCUT2D eigenvalue weighted by molar-refractivity contribution is 6.07. The van der Waals surface area contributed by atoms with E-state index in [1.54, 1.807) is 6.92 Å². The van der Waals surface area contributed by atoms with E-state index in [1.807, 2.05) is 0 Å². The molecule has 0 aliphatic rings. The molecule has 0 heterocycles. The van der Waals surface area contributed by atoms with Crippen LogP contribution in [-0.4, -0.2) is 11.6 Å². The van der Waals surface area contributed by atoms with Gasteiger partial charge in [0.2, 0.25) is 0 Å². The first kappa shape index (κ1) is 22.3. The van der Waals surface area contributed by atoms with Crippen LogP contribution in [0.25, 0.3) is 0 Å². The van der Waals surface area contributed by atoms with Crippen LogP contribution in [-0.2, 0) is 9.59 Å². The highest BCUT2D eigenvalue weighted by atomic mass is 16.2. The molecule has 0 bridgehead atoms. The molecule has 136 valence electrons. The number of unbranched alkanes of at least 4 members (excludes halogenated alkanes) is 4. The molecule has 0 rings (SSSR count). The van der Waals surface area contributed by atoms with Crippen molar-refractivity contribution in [2.24, 2.45) is 11.3 Å². The molecule has 2 heteroatoms. The summed E-state index contributed by atoms with van der Waals surface area (Å²) < 4.78 is 0. The molecule has 0 atom stereocenters. The maximum absolute atomic E-state index is 13.4.